The van der Waals surface area contributed by atoms with Crippen molar-refractivity contribution in [2.45, 2.75) is 36.5 Å². The quantitative estimate of drug-likeness (QED) is 0.602. The van der Waals surface area contributed by atoms with Gasteiger partial charge in [0.2, 0.25) is 0 Å². The highest BCUT2D eigenvalue weighted by atomic mass is 35.5. The van der Waals surface area contributed by atoms with Crippen LogP contribution in [0.2, 0.25) is 5.02 Å². The van der Waals surface area contributed by atoms with Crippen LogP contribution in [0.1, 0.15) is 31.6 Å². The maximum absolute atomic E-state index is 12.4. The van der Waals surface area contributed by atoms with Crippen molar-refractivity contribution in [1.29, 1.82) is 0 Å². The Labute approximate surface area is 140 Å². The van der Waals surface area contributed by atoms with E-state index < -0.39 is 5.54 Å². The van der Waals surface area contributed by atoms with Crippen molar-refractivity contribution >= 4 is 23.4 Å². The summed E-state index contributed by atoms with van der Waals surface area (Å²) in [7, 11) is 0. The third kappa shape index (κ3) is 3.62. The van der Waals surface area contributed by atoms with E-state index in [-0.39, 0.29) is 15.8 Å². The van der Waals surface area contributed by atoms with Crippen LogP contribution < -0.4 is 5.56 Å². The Hall–Kier alpha value is -1.52. The van der Waals surface area contributed by atoms with Crippen molar-refractivity contribution in [3.8, 4) is 0 Å². The van der Waals surface area contributed by atoms with E-state index in [0.717, 1.165) is 5.56 Å². The molecular formula is C17H19ClN2OS. The lowest BCUT2D eigenvalue weighted by Crippen LogP contribution is -2.36. The number of nitrogens with zero attached hydrogens (tertiary/aromatic N) is 2. The van der Waals surface area contributed by atoms with Gasteiger partial charge in [0, 0.05) is 0 Å². The van der Waals surface area contributed by atoms with Gasteiger partial charge >= 0.3 is 0 Å². The molecule has 2 aromatic rings. The molecule has 1 atom stereocenters. The summed E-state index contributed by atoms with van der Waals surface area (Å²) >= 11 is 7.74. The van der Waals surface area contributed by atoms with Crippen LogP contribution in [0.25, 0.3) is 0 Å². The fourth-order valence-electron chi connectivity index (χ4n) is 2.01. The Morgan fingerprint density at radius 2 is 1.95 bits per heavy atom. The minimum Gasteiger partial charge on any atom is -0.266 e. The van der Waals surface area contributed by atoms with Gasteiger partial charge in [0.1, 0.15) is 5.02 Å². The first kappa shape index (κ1) is 16.8. The van der Waals surface area contributed by atoms with Crippen LogP contribution in [0.3, 0.4) is 0 Å². The molecule has 0 radical (unpaired) electrons. The zero-order chi connectivity index (χ0) is 16.3. The minimum absolute atomic E-state index is 0.0189. The van der Waals surface area contributed by atoms with Crippen LogP contribution >= 0.6 is 23.4 Å². The highest BCUT2D eigenvalue weighted by molar-refractivity contribution is 7.99. The summed E-state index contributed by atoms with van der Waals surface area (Å²) in [5.74, 6) is 0. The molecule has 116 valence electrons. The van der Waals surface area contributed by atoms with Crippen LogP contribution in [-0.2, 0) is 5.54 Å². The zero-order valence-corrected chi connectivity index (χ0v) is 14.5. The summed E-state index contributed by atoms with van der Waals surface area (Å²) in [6, 6.07) is 9.97. The van der Waals surface area contributed by atoms with E-state index in [1.54, 1.807) is 6.20 Å². The van der Waals surface area contributed by atoms with Crippen LogP contribution in [0.5, 0.6) is 0 Å². The number of aromatic nitrogens is 2. The normalized spacial score (nSPS) is 12.9. The van der Waals surface area contributed by atoms with E-state index in [0.29, 0.717) is 4.90 Å². The summed E-state index contributed by atoms with van der Waals surface area (Å²) in [6.45, 7) is 9.63. The topological polar surface area (TPSA) is 34.9 Å². The lowest BCUT2D eigenvalue weighted by molar-refractivity contribution is 0.336. The standard InChI is InChI=1S/C17H19ClN2OS/c1-5-13(12-9-7-6-8-10-12)22-14-11-19-20(17(2,3)4)16(21)15(14)18/h5-11,13H,1H2,2-4H3. The molecule has 0 aliphatic rings. The van der Waals surface area contributed by atoms with Gasteiger partial charge in [-0.3, -0.25) is 4.79 Å². The summed E-state index contributed by atoms with van der Waals surface area (Å²) in [6.07, 6.45) is 3.49. The van der Waals surface area contributed by atoms with Gasteiger partial charge in [-0.05, 0) is 26.3 Å². The highest BCUT2D eigenvalue weighted by Crippen LogP contribution is 2.38. The van der Waals surface area contributed by atoms with Crippen molar-refractivity contribution in [2.75, 3.05) is 0 Å². The molecule has 1 unspecified atom stereocenters. The number of hydrogen-bond donors (Lipinski definition) is 0. The molecule has 0 fully saturated rings. The molecule has 0 bridgehead atoms. The van der Waals surface area contributed by atoms with Gasteiger partial charge in [-0.1, -0.05) is 48.0 Å². The van der Waals surface area contributed by atoms with E-state index in [1.807, 2.05) is 57.2 Å². The predicted octanol–water partition coefficient (Wildman–Crippen LogP) is 4.67. The molecule has 5 heteroatoms. The van der Waals surface area contributed by atoms with E-state index in [9.17, 15) is 4.79 Å². The van der Waals surface area contributed by atoms with Gasteiger partial charge in [-0.25, -0.2) is 4.68 Å². The van der Waals surface area contributed by atoms with Gasteiger partial charge in [0.15, 0.2) is 0 Å². The van der Waals surface area contributed by atoms with Gasteiger partial charge < -0.3 is 0 Å². The predicted molar refractivity (Wildman–Crippen MR) is 93.7 cm³/mol. The summed E-state index contributed by atoms with van der Waals surface area (Å²) in [5, 5.41) is 4.48. The molecule has 0 spiro atoms. The maximum Gasteiger partial charge on any atom is 0.287 e. The minimum atomic E-state index is -0.402. The SMILES string of the molecule is C=CC(Sc1cnn(C(C)(C)C)c(=O)c1Cl)c1ccccc1. The fourth-order valence-corrected chi connectivity index (χ4v) is 3.23. The fraction of sp³-hybridized carbons (Fsp3) is 0.294. The first-order valence-electron chi connectivity index (χ1n) is 6.97. The van der Waals surface area contributed by atoms with Gasteiger partial charge in [-0.2, -0.15) is 5.10 Å². The van der Waals surface area contributed by atoms with Crippen LogP contribution in [0.4, 0.5) is 0 Å². The Morgan fingerprint density at radius 1 is 1.32 bits per heavy atom. The van der Waals surface area contributed by atoms with Crippen LogP contribution in [0.15, 0.2) is 58.9 Å². The average molecular weight is 335 g/mol. The number of thioether (sulfide) groups is 1. The van der Waals surface area contributed by atoms with Crippen molar-refractivity contribution in [3.05, 3.63) is 70.1 Å². The monoisotopic (exact) mass is 334 g/mol. The molecular weight excluding hydrogens is 316 g/mol. The Morgan fingerprint density at radius 3 is 2.50 bits per heavy atom. The van der Waals surface area contributed by atoms with E-state index in [4.69, 9.17) is 11.6 Å². The van der Waals surface area contributed by atoms with Gasteiger partial charge in [-0.15, -0.1) is 18.3 Å². The summed E-state index contributed by atoms with van der Waals surface area (Å²) < 4.78 is 1.41. The van der Waals surface area contributed by atoms with Gasteiger partial charge in [0.05, 0.1) is 21.9 Å². The number of hydrogen-bond acceptors (Lipinski definition) is 3. The number of halogens is 1. The molecule has 0 saturated carbocycles. The Balaban J connectivity index is 2.36. The second kappa shape index (κ2) is 6.71. The second-order valence-corrected chi connectivity index (χ2v) is 7.46. The summed E-state index contributed by atoms with van der Waals surface area (Å²) in [5.41, 5.74) is 0.440. The lowest BCUT2D eigenvalue weighted by Gasteiger charge is -2.21. The lowest BCUT2D eigenvalue weighted by atomic mass is 10.1. The van der Waals surface area contributed by atoms with Crippen molar-refractivity contribution in [1.82, 2.24) is 9.78 Å². The molecule has 0 aliphatic carbocycles. The summed E-state index contributed by atoms with van der Waals surface area (Å²) in [4.78, 5) is 13.0. The first-order chi connectivity index (χ1) is 10.3. The number of benzene rings is 1. The molecule has 1 heterocycles. The molecule has 2 rings (SSSR count). The first-order valence-corrected chi connectivity index (χ1v) is 8.23. The largest absolute Gasteiger partial charge is 0.287 e. The van der Waals surface area contributed by atoms with Crippen LogP contribution in [-0.4, -0.2) is 9.78 Å². The maximum atomic E-state index is 12.4. The molecule has 1 aromatic heterocycles. The Bertz CT molecular complexity index is 720. The number of rotatable bonds is 4. The third-order valence-electron chi connectivity index (χ3n) is 3.12. The van der Waals surface area contributed by atoms with Crippen LogP contribution in [0, 0.1) is 0 Å². The molecule has 3 nitrogen and oxygen atoms in total. The van der Waals surface area contributed by atoms with Crippen molar-refractivity contribution < 1.29 is 0 Å². The smallest absolute Gasteiger partial charge is 0.266 e. The highest BCUT2D eigenvalue weighted by Gasteiger charge is 2.21. The van der Waals surface area contributed by atoms with E-state index >= 15 is 0 Å². The average Bonchev–Trinajstić information content (AvgIpc) is 2.48. The zero-order valence-electron chi connectivity index (χ0n) is 12.9. The van der Waals surface area contributed by atoms with E-state index in [2.05, 4.69) is 11.7 Å². The van der Waals surface area contributed by atoms with Gasteiger partial charge in [0.25, 0.3) is 5.56 Å². The van der Waals surface area contributed by atoms with Crippen molar-refractivity contribution in [2.24, 2.45) is 0 Å². The Kier molecular flexibility index (Phi) is 5.14. The van der Waals surface area contributed by atoms with E-state index in [1.165, 1.54) is 16.4 Å². The molecule has 0 amide bonds. The second-order valence-electron chi connectivity index (χ2n) is 5.90. The van der Waals surface area contributed by atoms with Crippen molar-refractivity contribution in [3.63, 3.8) is 0 Å². The third-order valence-corrected chi connectivity index (χ3v) is 4.88. The molecule has 0 aliphatic heterocycles. The molecule has 22 heavy (non-hydrogen) atoms. The molecule has 0 N–H and O–H groups in total. The molecule has 0 saturated heterocycles. The molecule has 1 aromatic carbocycles.